The molecular formula is C20H30N3O4+. The van der Waals surface area contributed by atoms with Gasteiger partial charge in [-0.15, -0.1) is 0 Å². The number of morpholine rings is 1. The number of rotatable bonds is 6. The molecule has 2 saturated heterocycles. The summed E-state index contributed by atoms with van der Waals surface area (Å²) in [5.74, 6) is 0.0795. The maximum atomic E-state index is 13.0. The number of quaternary nitrogens is 1. The standard InChI is InChI=1S/C20H29N3O4/c1-14(2)15-4-6-16(7-5-15)20(3)18(25)23(19(26)21-20)13-17(24)12-22-8-10-27-11-9-22/h4-7,14,17,24H,8-13H2,1-3H3,(H,21,26)/p+1/t17-,20+/m1/s1. The highest BCUT2D eigenvalue weighted by Gasteiger charge is 2.49. The average Bonchev–Trinajstić information content (AvgIpc) is 2.86. The number of aliphatic hydroxyl groups is 1. The van der Waals surface area contributed by atoms with E-state index in [0.717, 1.165) is 23.6 Å². The van der Waals surface area contributed by atoms with Gasteiger partial charge >= 0.3 is 6.03 Å². The van der Waals surface area contributed by atoms with E-state index in [0.29, 0.717) is 25.7 Å². The summed E-state index contributed by atoms with van der Waals surface area (Å²) in [5, 5.41) is 13.2. The molecule has 27 heavy (non-hydrogen) atoms. The lowest BCUT2D eigenvalue weighted by Crippen LogP contribution is -3.15. The maximum Gasteiger partial charge on any atom is 0.325 e. The molecular weight excluding hydrogens is 346 g/mol. The molecule has 0 aliphatic carbocycles. The molecule has 0 radical (unpaired) electrons. The van der Waals surface area contributed by atoms with Gasteiger partial charge in [-0.2, -0.15) is 0 Å². The van der Waals surface area contributed by atoms with Crippen LogP contribution < -0.4 is 10.2 Å². The summed E-state index contributed by atoms with van der Waals surface area (Å²) >= 11 is 0. The van der Waals surface area contributed by atoms with E-state index in [2.05, 4.69) is 19.2 Å². The van der Waals surface area contributed by atoms with Gasteiger partial charge in [-0.3, -0.25) is 9.69 Å². The van der Waals surface area contributed by atoms with Crippen LogP contribution in [0.2, 0.25) is 0 Å². The summed E-state index contributed by atoms with van der Waals surface area (Å²) in [4.78, 5) is 27.8. The van der Waals surface area contributed by atoms with Gasteiger partial charge in [0.1, 0.15) is 31.3 Å². The third-order valence-electron chi connectivity index (χ3n) is 5.55. The van der Waals surface area contributed by atoms with Crippen molar-refractivity contribution in [3.8, 4) is 0 Å². The summed E-state index contributed by atoms with van der Waals surface area (Å²) in [6.07, 6.45) is -0.751. The van der Waals surface area contributed by atoms with Crippen LogP contribution in [0.3, 0.4) is 0 Å². The first kappa shape index (κ1) is 19.8. The van der Waals surface area contributed by atoms with Crippen LogP contribution in [-0.2, 0) is 15.1 Å². The predicted molar refractivity (Wildman–Crippen MR) is 101 cm³/mol. The molecule has 3 rings (SSSR count). The van der Waals surface area contributed by atoms with E-state index in [4.69, 9.17) is 4.74 Å². The molecule has 7 heteroatoms. The van der Waals surface area contributed by atoms with Crippen LogP contribution in [0.5, 0.6) is 0 Å². The van der Waals surface area contributed by atoms with E-state index in [1.54, 1.807) is 6.92 Å². The van der Waals surface area contributed by atoms with Gasteiger partial charge in [0.2, 0.25) is 0 Å². The van der Waals surface area contributed by atoms with Gasteiger partial charge in [-0.05, 0) is 24.0 Å². The number of nitrogens with one attached hydrogen (secondary N) is 2. The number of nitrogens with zero attached hydrogens (tertiary/aromatic N) is 1. The second-order valence-electron chi connectivity index (χ2n) is 7.97. The van der Waals surface area contributed by atoms with Crippen molar-refractivity contribution in [2.24, 2.45) is 0 Å². The normalized spacial score (nSPS) is 25.1. The first-order chi connectivity index (χ1) is 12.8. The number of carbonyl (C=O) groups excluding carboxylic acids is 2. The fourth-order valence-electron chi connectivity index (χ4n) is 3.73. The average molecular weight is 376 g/mol. The van der Waals surface area contributed by atoms with E-state index in [1.807, 2.05) is 24.3 Å². The highest BCUT2D eigenvalue weighted by atomic mass is 16.5. The number of hydrogen-bond acceptors (Lipinski definition) is 4. The topological polar surface area (TPSA) is 83.3 Å². The van der Waals surface area contributed by atoms with Gasteiger partial charge in [-0.25, -0.2) is 4.79 Å². The summed E-state index contributed by atoms with van der Waals surface area (Å²) in [6.45, 7) is 9.46. The second-order valence-corrected chi connectivity index (χ2v) is 7.97. The van der Waals surface area contributed by atoms with Crippen LogP contribution in [0.4, 0.5) is 4.79 Å². The molecule has 0 aromatic heterocycles. The molecule has 2 heterocycles. The Morgan fingerprint density at radius 2 is 1.85 bits per heavy atom. The predicted octanol–water partition coefficient (Wildman–Crippen LogP) is -0.147. The first-order valence-electron chi connectivity index (χ1n) is 9.65. The van der Waals surface area contributed by atoms with Crippen molar-refractivity contribution < 1.29 is 24.3 Å². The molecule has 0 spiro atoms. The van der Waals surface area contributed by atoms with Crippen LogP contribution >= 0.6 is 0 Å². The molecule has 3 amide bonds. The lowest BCUT2D eigenvalue weighted by molar-refractivity contribution is -0.910. The molecule has 1 aromatic carbocycles. The number of β-amino-alcohol motifs (C(OH)–C–C–N with tert-alkyl or cyclic N) is 1. The van der Waals surface area contributed by atoms with Crippen LogP contribution in [0.15, 0.2) is 24.3 Å². The second kappa shape index (κ2) is 7.96. The lowest BCUT2D eigenvalue weighted by atomic mass is 9.90. The van der Waals surface area contributed by atoms with Gasteiger partial charge in [-0.1, -0.05) is 38.1 Å². The Morgan fingerprint density at radius 1 is 1.22 bits per heavy atom. The van der Waals surface area contributed by atoms with Crippen molar-refractivity contribution in [3.63, 3.8) is 0 Å². The molecule has 0 saturated carbocycles. The first-order valence-corrected chi connectivity index (χ1v) is 9.65. The van der Waals surface area contributed by atoms with Gasteiger partial charge in [0, 0.05) is 0 Å². The molecule has 1 aromatic rings. The van der Waals surface area contributed by atoms with Crippen molar-refractivity contribution in [3.05, 3.63) is 35.4 Å². The number of imide groups is 1. The fourth-order valence-corrected chi connectivity index (χ4v) is 3.73. The molecule has 148 valence electrons. The molecule has 0 bridgehead atoms. The number of hydrogen-bond donors (Lipinski definition) is 3. The number of urea groups is 1. The highest BCUT2D eigenvalue weighted by Crippen LogP contribution is 2.30. The van der Waals surface area contributed by atoms with Gasteiger partial charge in [0.15, 0.2) is 0 Å². The lowest BCUT2D eigenvalue weighted by Gasteiger charge is -2.27. The molecule has 2 aliphatic rings. The van der Waals surface area contributed by atoms with E-state index in [9.17, 15) is 14.7 Å². The summed E-state index contributed by atoms with van der Waals surface area (Å²) < 4.78 is 5.32. The maximum absolute atomic E-state index is 13.0. The zero-order chi connectivity index (χ0) is 19.6. The molecule has 2 fully saturated rings. The van der Waals surface area contributed by atoms with Crippen LogP contribution in [0.25, 0.3) is 0 Å². The Labute approximate surface area is 160 Å². The van der Waals surface area contributed by atoms with Crippen molar-refractivity contribution in [1.29, 1.82) is 0 Å². The van der Waals surface area contributed by atoms with E-state index in [-0.39, 0.29) is 12.5 Å². The number of benzene rings is 1. The van der Waals surface area contributed by atoms with E-state index >= 15 is 0 Å². The summed E-state index contributed by atoms with van der Waals surface area (Å²) in [6, 6.07) is 7.32. The highest BCUT2D eigenvalue weighted by molar-refractivity contribution is 6.07. The Balaban J connectivity index is 1.68. The van der Waals surface area contributed by atoms with E-state index in [1.165, 1.54) is 10.5 Å². The van der Waals surface area contributed by atoms with Crippen molar-refractivity contribution in [2.45, 2.75) is 38.3 Å². The smallest absolute Gasteiger partial charge is 0.325 e. The quantitative estimate of drug-likeness (QED) is 0.603. The minimum atomic E-state index is -1.10. The zero-order valence-electron chi connectivity index (χ0n) is 16.3. The van der Waals surface area contributed by atoms with Crippen LogP contribution in [0, 0.1) is 0 Å². The third-order valence-corrected chi connectivity index (χ3v) is 5.55. The van der Waals surface area contributed by atoms with Crippen LogP contribution in [0.1, 0.15) is 37.8 Å². The number of aliphatic hydroxyl groups excluding tert-OH is 1. The Morgan fingerprint density at radius 3 is 2.44 bits per heavy atom. The summed E-state index contributed by atoms with van der Waals surface area (Å²) in [5.41, 5.74) is 0.832. The zero-order valence-corrected chi connectivity index (χ0v) is 16.3. The molecule has 2 aliphatic heterocycles. The number of carbonyl (C=O) groups is 2. The van der Waals surface area contributed by atoms with Crippen molar-refractivity contribution in [1.82, 2.24) is 10.2 Å². The number of ether oxygens (including phenoxy) is 1. The van der Waals surface area contributed by atoms with Gasteiger partial charge < -0.3 is 20.1 Å². The molecule has 0 unspecified atom stereocenters. The number of amides is 3. The van der Waals surface area contributed by atoms with Crippen molar-refractivity contribution >= 4 is 11.9 Å². The third kappa shape index (κ3) is 4.15. The van der Waals surface area contributed by atoms with Gasteiger partial charge in [0.05, 0.1) is 19.8 Å². The van der Waals surface area contributed by atoms with E-state index < -0.39 is 17.7 Å². The largest absolute Gasteiger partial charge is 0.385 e. The summed E-state index contributed by atoms with van der Waals surface area (Å²) in [7, 11) is 0. The minimum absolute atomic E-state index is 0.00862. The molecule has 2 atom stereocenters. The monoisotopic (exact) mass is 376 g/mol. The van der Waals surface area contributed by atoms with Crippen molar-refractivity contribution in [2.75, 3.05) is 39.4 Å². The van der Waals surface area contributed by atoms with Crippen LogP contribution in [-0.4, -0.2) is 67.4 Å². The molecule has 7 nitrogen and oxygen atoms in total. The Kier molecular flexibility index (Phi) is 5.83. The fraction of sp³-hybridized carbons (Fsp3) is 0.600. The Bertz CT molecular complexity index is 685. The van der Waals surface area contributed by atoms with Gasteiger partial charge in [0.25, 0.3) is 5.91 Å². The molecule has 3 N–H and O–H groups in total. The minimum Gasteiger partial charge on any atom is -0.385 e. The Hall–Kier alpha value is -1.96. The SMILES string of the molecule is CC(C)c1ccc([C@]2(C)NC(=O)N(C[C@H](O)C[NH+]3CCOCC3)C2=O)cc1.